The summed E-state index contributed by atoms with van der Waals surface area (Å²) in [5.74, 6) is 0.784. The van der Waals surface area contributed by atoms with Gasteiger partial charge in [-0.3, -0.25) is 0 Å². The lowest BCUT2D eigenvalue weighted by Gasteiger charge is -2.39. The second-order valence-electron chi connectivity index (χ2n) is 9.68. The van der Waals surface area contributed by atoms with Crippen LogP contribution in [0.1, 0.15) is 43.1 Å². The Hall–Kier alpha value is -2.44. The number of hydrogen-bond acceptors (Lipinski definition) is 5. The number of benzene rings is 1. The van der Waals surface area contributed by atoms with Crippen molar-refractivity contribution in [3.8, 4) is 0 Å². The molecule has 1 aromatic carbocycles. The third kappa shape index (κ3) is 2.49. The van der Waals surface area contributed by atoms with E-state index in [1.165, 1.54) is 11.3 Å². The zero-order valence-electron chi connectivity index (χ0n) is 17.1. The minimum atomic E-state index is -0.368. The Morgan fingerprint density at radius 3 is 2.69 bits per heavy atom. The van der Waals surface area contributed by atoms with Crippen molar-refractivity contribution >= 4 is 11.3 Å². The first-order chi connectivity index (χ1) is 13.9. The molecule has 1 atom stereocenters. The molecule has 0 unspecified atom stereocenters. The van der Waals surface area contributed by atoms with Gasteiger partial charge in [0.2, 0.25) is 0 Å². The minimum Gasteiger partial charge on any atom is -0.369 e. The van der Waals surface area contributed by atoms with Crippen molar-refractivity contribution < 1.29 is 4.74 Å². The monoisotopic (exact) mass is 389 g/mol. The summed E-state index contributed by atoms with van der Waals surface area (Å²) in [4.78, 5) is 7.30. The fourth-order valence-electron chi connectivity index (χ4n) is 5.55. The Bertz CT molecular complexity index is 1100. The van der Waals surface area contributed by atoms with Crippen molar-refractivity contribution in [1.82, 2.24) is 14.6 Å². The van der Waals surface area contributed by atoms with Crippen molar-refractivity contribution in [2.75, 3.05) is 24.6 Å². The number of hydrogen-bond donors (Lipinski definition) is 1. The van der Waals surface area contributed by atoms with Gasteiger partial charge in [-0.2, -0.15) is 0 Å². The average Bonchev–Trinajstić information content (AvgIpc) is 3.44. The summed E-state index contributed by atoms with van der Waals surface area (Å²) in [5, 5.41) is 4.82. The van der Waals surface area contributed by atoms with E-state index in [4.69, 9.17) is 20.6 Å². The Balaban J connectivity index is 1.32. The SMILES string of the molecule is Cc1cc(N2CC[C@](C)(c3ccccc3)C2)cn2nc(C34CC(N)(CO3)C4)nc12. The Morgan fingerprint density at radius 1 is 1.17 bits per heavy atom. The Morgan fingerprint density at radius 2 is 1.97 bits per heavy atom. The predicted molar refractivity (Wildman–Crippen MR) is 112 cm³/mol. The van der Waals surface area contributed by atoms with Crippen LogP contribution in [0, 0.1) is 6.92 Å². The Kier molecular flexibility index (Phi) is 3.35. The van der Waals surface area contributed by atoms with E-state index in [2.05, 4.69) is 61.3 Å². The van der Waals surface area contributed by atoms with Gasteiger partial charge >= 0.3 is 0 Å². The van der Waals surface area contributed by atoms with Gasteiger partial charge in [-0.1, -0.05) is 37.3 Å². The number of aryl methyl sites for hydroxylation is 1. The molecule has 0 amide bonds. The summed E-state index contributed by atoms with van der Waals surface area (Å²) in [6.45, 7) is 7.14. The maximum atomic E-state index is 6.28. The maximum Gasteiger partial charge on any atom is 0.183 e. The van der Waals surface area contributed by atoms with E-state index in [0.29, 0.717) is 6.61 Å². The van der Waals surface area contributed by atoms with Gasteiger partial charge in [0.05, 0.1) is 18.5 Å². The zero-order valence-corrected chi connectivity index (χ0v) is 17.1. The second-order valence-corrected chi connectivity index (χ2v) is 9.68. The highest BCUT2D eigenvalue weighted by atomic mass is 16.5. The first-order valence-electron chi connectivity index (χ1n) is 10.5. The summed E-state index contributed by atoms with van der Waals surface area (Å²) in [6.07, 6.45) is 4.91. The lowest BCUT2D eigenvalue weighted by atomic mass is 9.69. The highest BCUT2D eigenvalue weighted by Crippen LogP contribution is 2.55. The number of aromatic nitrogens is 3. The number of nitrogens with two attached hydrogens (primary N) is 1. The van der Waals surface area contributed by atoms with E-state index < -0.39 is 0 Å². The lowest BCUT2D eigenvalue weighted by molar-refractivity contribution is -0.0144. The van der Waals surface area contributed by atoms with Crippen molar-refractivity contribution in [2.24, 2.45) is 5.73 Å². The Labute approximate surface area is 170 Å². The van der Waals surface area contributed by atoms with Gasteiger partial charge in [-0.25, -0.2) is 9.50 Å². The van der Waals surface area contributed by atoms with Crippen LogP contribution >= 0.6 is 0 Å². The van der Waals surface area contributed by atoms with Crippen LogP contribution in [0.2, 0.25) is 0 Å². The van der Waals surface area contributed by atoms with Crippen molar-refractivity contribution in [1.29, 1.82) is 0 Å². The van der Waals surface area contributed by atoms with Crippen LogP contribution in [-0.4, -0.2) is 39.8 Å². The number of ether oxygens (including phenoxy) is 1. The highest BCUT2D eigenvalue weighted by molar-refractivity contribution is 5.58. The number of pyridine rings is 1. The molecule has 3 aliphatic heterocycles. The van der Waals surface area contributed by atoms with E-state index in [-0.39, 0.29) is 16.6 Å². The third-order valence-electron chi connectivity index (χ3n) is 7.23. The number of fused-ring (bicyclic) bond motifs is 2. The van der Waals surface area contributed by atoms with Gasteiger partial charge in [0, 0.05) is 36.9 Å². The molecule has 6 heteroatoms. The quantitative estimate of drug-likeness (QED) is 0.746. The van der Waals surface area contributed by atoms with Crippen LogP contribution in [-0.2, 0) is 15.8 Å². The van der Waals surface area contributed by atoms with Gasteiger partial charge in [-0.15, -0.1) is 5.10 Å². The zero-order chi connectivity index (χ0) is 19.9. The summed E-state index contributed by atoms with van der Waals surface area (Å²) < 4.78 is 7.94. The topological polar surface area (TPSA) is 68.7 Å². The van der Waals surface area contributed by atoms with Crippen molar-refractivity contribution in [3.63, 3.8) is 0 Å². The predicted octanol–water partition coefficient (Wildman–Crippen LogP) is 2.92. The molecule has 3 saturated heterocycles. The van der Waals surface area contributed by atoms with E-state index >= 15 is 0 Å². The van der Waals surface area contributed by atoms with E-state index in [9.17, 15) is 0 Å². The molecule has 6 nitrogen and oxygen atoms in total. The molecule has 150 valence electrons. The first-order valence-corrected chi connectivity index (χ1v) is 10.5. The average molecular weight is 390 g/mol. The fraction of sp³-hybridized carbons (Fsp3) is 0.478. The molecule has 29 heavy (non-hydrogen) atoms. The van der Waals surface area contributed by atoms with Crippen molar-refractivity contribution in [3.05, 3.63) is 59.5 Å². The number of rotatable bonds is 3. The maximum absolute atomic E-state index is 6.28. The lowest BCUT2D eigenvalue weighted by Crippen LogP contribution is -2.54. The third-order valence-corrected chi connectivity index (χ3v) is 7.23. The van der Waals surface area contributed by atoms with Crippen LogP contribution in [0.15, 0.2) is 42.6 Å². The second kappa shape index (κ2) is 5.58. The largest absolute Gasteiger partial charge is 0.369 e. The molecule has 4 aliphatic rings. The molecule has 2 bridgehead atoms. The van der Waals surface area contributed by atoms with Gasteiger partial charge in [0.1, 0.15) is 5.60 Å². The molecule has 3 aromatic rings. The fourth-order valence-corrected chi connectivity index (χ4v) is 5.55. The summed E-state index contributed by atoms with van der Waals surface area (Å²) >= 11 is 0. The normalized spacial score (nSPS) is 33.4. The molecule has 5 heterocycles. The molecule has 4 fully saturated rings. The van der Waals surface area contributed by atoms with Gasteiger partial charge in [-0.05, 0) is 30.5 Å². The molecule has 1 aliphatic carbocycles. The number of anilines is 1. The van der Waals surface area contributed by atoms with E-state index in [1.54, 1.807) is 0 Å². The van der Waals surface area contributed by atoms with Crippen LogP contribution in [0.4, 0.5) is 5.69 Å². The molecule has 0 spiro atoms. The van der Waals surface area contributed by atoms with Crippen LogP contribution in [0.25, 0.3) is 5.65 Å². The molecule has 0 radical (unpaired) electrons. The van der Waals surface area contributed by atoms with Gasteiger partial charge in [0.15, 0.2) is 11.5 Å². The number of nitrogens with zero attached hydrogens (tertiary/aromatic N) is 4. The van der Waals surface area contributed by atoms with Crippen LogP contribution < -0.4 is 10.6 Å². The molecular weight excluding hydrogens is 362 g/mol. The summed E-state index contributed by atoms with van der Waals surface area (Å²) in [5.41, 5.74) is 10.6. The molecule has 2 aromatic heterocycles. The minimum absolute atomic E-state index is 0.171. The molecule has 7 rings (SSSR count). The van der Waals surface area contributed by atoms with Crippen LogP contribution in [0.5, 0.6) is 0 Å². The molecule has 1 saturated carbocycles. The van der Waals surface area contributed by atoms with E-state index in [0.717, 1.165) is 49.4 Å². The highest BCUT2D eigenvalue weighted by Gasteiger charge is 2.63. The summed E-state index contributed by atoms with van der Waals surface area (Å²) in [6, 6.07) is 13.1. The smallest absolute Gasteiger partial charge is 0.183 e. The van der Waals surface area contributed by atoms with Gasteiger partial charge < -0.3 is 15.4 Å². The van der Waals surface area contributed by atoms with Crippen LogP contribution in [0.3, 0.4) is 0 Å². The van der Waals surface area contributed by atoms with E-state index in [1.807, 2.05) is 4.52 Å². The summed E-state index contributed by atoms with van der Waals surface area (Å²) in [7, 11) is 0. The van der Waals surface area contributed by atoms with Crippen molar-refractivity contribution in [2.45, 2.75) is 49.7 Å². The van der Waals surface area contributed by atoms with Gasteiger partial charge in [0.25, 0.3) is 0 Å². The molecular formula is C23H27N5O. The first kappa shape index (κ1) is 17.4. The molecule has 2 N–H and O–H groups in total. The standard InChI is InChI=1S/C23H27N5O/c1-16-10-18(27-9-8-21(2,14-27)17-6-4-3-5-7-17)11-28-19(16)25-20(26-28)23-12-22(24,13-23)15-29-23/h3-7,10-11H,8-9,12-15,24H2,1-2H3/t21-,22?,23?/m0/s1.